The van der Waals surface area contributed by atoms with E-state index in [4.69, 9.17) is 10.5 Å². The van der Waals surface area contributed by atoms with Gasteiger partial charge in [-0.3, -0.25) is 4.79 Å². The molecule has 0 aromatic heterocycles. The normalized spacial score (nSPS) is 16.4. The van der Waals surface area contributed by atoms with E-state index in [1.165, 1.54) is 0 Å². The Labute approximate surface area is 120 Å². The van der Waals surface area contributed by atoms with E-state index in [2.05, 4.69) is 19.2 Å². The van der Waals surface area contributed by atoms with Gasteiger partial charge in [0.1, 0.15) is 5.75 Å². The highest BCUT2D eigenvalue weighted by Gasteiger charge is 2.26. The van der Waals surface area contributed by atoms with E-state index in [1.807, 2.05) is 25.1 Å². The van der Waals surface area contributed by atoms with Gasteiger partial charge in [-0.25, -0.2) is 0 Å². The van der Waals surface area contributed by atoms with E-state index in [0.717, 1.165) is 24.2 Å². The van der Waals surface area contributed by atoms with Crippen LogP contribution in [0.3, 0.4) is 0 Å². The Hall–Kier alpha value is -1.55. The van der Waals surface area contributed by atoms with E-state index < -0.39 is 0 Å². The maximum Gasteiger partial charge on any atom is 0.251 e. The Morgan fingerprint density at radius 2 is 2.25 bits per heavy atom. The number of ether oxygens (including phenoxy) is 1. The van der Waals surface area contributed by atoms with Gasteiger partial charge in [0.2, 0.25) is 0 Å². The van der Waals surface area contributed by atoms with Gasteiger partial charge in [-0.1, -0.05) is 13.8 Å². The topological polar surface area (TPSA) is 64.3 Å². The monoisotopic (exact) mass is 276 g/mol. The van der Waals surface area contributed by atoms with Crippen LogP contribution in [0.2, 0.25) is 0 Å². The molecule has 20 heavy (non-hydrogen) atoms. The summed E-state index contributed by atoms with van der Waals surface area (Å²) < 4.78 is 5.46. The SMILES string of the molecule is CC(C)CC(C)(CN)NC(=O)c1ccc2c(c1)CCO2. The molecule has 0 saturated heterocycles. The van der Waals surface area contributed by atoms with Gasteiger partial charge in [-0.15, -0.1) is 0 Å². The molecule has 2 rings (SSSR count). The van der Waals surface area contributed by atoms with Gasteiger partial charge in [-0.2, -0.15) is 0 Å². The Kier molecular flexibility index (Phi) is 4.33. The second-order valence-electron chi connectivity index (χ2n) is 6.24. The highest BCUT2D eigenvalue weighted by atomic mass is 16.5. The summed E-state index contributed by atoms with van der Waals surface area (Å²) in [5.74, 6) is 1.32. The molecule has 1 aromatic carbocycles. The minimum atomic E-state index is -0.360. The molecule has 0 radical (unpaired) electrons. The highest BCUT2D eigenvalue weighted by Crippen LogP contribution is 2.26. The molecule has 1 aliphatic rings. The van der Waals surface area contributed by atoms with Crippen molar-refractivity contribution in [3.05, 3.63) is 29.3 Å². The number of amides is 1. The van der Waals surface area contributed by atoms with Crippen LogP contribution in [0.4, 0.5) is 0 Å². The first-order chi connectivity index (χ1) is 9.43. The average molecular weight is 276 g/mol. The molecule has 4 heteroatoms. The Balaban J connectivity index is 2.11. The van der Waals surface area contributed by atoms with Crippen molar-refractivity contribution in [3.63, 3.8) is 0 Å². The summed E-state index contributed by atoms with van der Waals surface area (Å²) in [6, 6.07) is 5.61. The first-order valence-corrected chi connectivity index (χ1v) is 7.22. The third-order valence-corrected chi connectivity index (χ3v) is 3.68. The van der Waals surface area contributed by atoms with Crippen LogP contribution in [0.1, 0.15) is 43.1 Å². The molecule has 1 aromatic rings. The standard InChI is InChI=1S/C16H24N2O2/c1-11(2)9-16(3,10-17)18-15(19)13-4-5-14-12(8-13)6-7-20-14/h4-5,8,11H,6-7,9-10,17H2,1-3H3,(H,18,19). The maximum atomic E-state index is 12.4. The fourth-order valence-electron chi connectivity index (χ4n) is 2.76. The molecule has 0 fully saturated rings. The molecule has 110 valence electrons. The molecule has 0 spiro atoms. The molecular formula is C16H24N2O2. The molecule has 0 bridgehead atoms. The Bertz CT molecular complexity index is 499. The largest absolute Gasteiger partial charge is 0.493 e. The summed E-state index contributed by atoms with van der Waals surface area (Å²) >= 11 is 0. The zero-order chi connectivity index (χ0) is 14.8. The number of rotatable bonds is 5. The lowest BCUT2D eigenvalue weighted by Crippen LogP contribution is -2.52. The third-order valence-electron chi connectivity index (χ3n) is 3.68. The van der Waals surface area contributed by atoms with Gasteiger partial charge in [-0.05, 0) is 43.0 Å². The van der Waals surface area contributed by atoms with Crippen LogP contribution >= 0.6 is 0 Å². The van der Waals surface area contributed by atoms with E-state index >= 15 is 0 Å². The van der Waals surface area contributed by atoms with Crippen LogP contribution in [0.5, 0.6) is 5.75 Å². The quantitative estimate of drug-likeness (QED) is 0.865. The zero-order valence-corrected chi connectivity index (χ0v) is 12.5. The molecule has 1 amide bonds. The summed E-state index contributed by atoms with van der Waals surface area (Å²) in [6.45, 7) is 7.40. The van der Waals surface area contributed by atoms with Crippen molar-refractivity contribution in [1.29, 1.82) is 0 Å². The minimum absolute atomic E-state index is 0.0618. The summed E-state index contributed by atoms with van der Waals surface area (Å²) in [6.07, 6.45) is 1.74. The number of benzene rings is 1. The molecule has 1 unspecified atom stereocenters. The van der Waals surface area contributed by atoms with Crippen molar-refractivity contribution >= 4 is 5.91 Å². The Morgan fingerprint density at radius 1 is 1.50 bits per heavy atom. The number of hydrogen-bond acceptors (Lipinski definition) is 3. The van der Waals surface area contributed by atoms with Crippen LogP contribution in [0, 0.1) is 5.92 Å². The molecule has 3 N–H and O–H groups in total. The van der Waals surface area contributed by atoms with E-state index in [0.29, 0.717) is 24.6 Å². The molecular weight excluding hydrogens is 252 g/mol. The van der Waals surface area contributed by atoms with Crippen molar-refractivity contribution in [2.45, 2.75) is 39.2 Å². The van der Waals surface area contributed by atoms with E-state index in [-0.39, 0.29) is 11.4 Å². The van der Waals surface area contributed by atoms with Gasteiger partial charge in [0.25, 0.3) is 5.91 Å². The van der Waals surface area contributed by atoms with Crippen molar-refractivity contribution in [3.8, 4) is 5.75 Å². The van der Waals surface area contributed by atoms with Crippen molar-refractivity contribution in [1.82, 2.24) is 5.32 Å². The molecule has 0 aliphatic carbocycles. The predicted octanol–water partition coefficient (Wildman–Crippen LogP) is 2.11. The average Bonchev–Trinajstić information content (AvgIpc) is 2.84. The summed E-state index contributed by atoms with van der Waals surface area (Å²) in [4.78, 5) is 12.4. The molecule has 0 saturated carbocycles. The molecule has 1 aliphatic heterocycles. The number of fused-ring (bicyclic) bond motifs is 1. The van der Waals surface area contributed by atoms with Gasteiger partial charge in [0.15, 0.2) is 0 Å². The number of hydrogen-bond donors (Lipinski definition) is 2. The van der Waals surface area contributed by atoms with Crippen molar-refractivity contribution in [2.75, 3.05) is 13.2 Å². The van der Waals surface area contributed by atoms with Crippen LogP contribution in [0.25, 0.3) is 0 Å². The van der Waals surface area contributed by atoms with Gasteiger partial charge in [0.05, 0.1) is 6.61 Å². The predicted molar refractivity (Wildman–Crippen MR) is 80.0 cm³/mol. The summed E-state index contributed by atoms with van der Waals surface area (Å²) in [7, 11) is 0. The highest BCUT2D eigenvalue weighted by molar-refractivity contribution is 5.95. The lowest BCUT2D eigenvalue weighted by Gasteiger charge is -2.31. The lowest BCUT2D eigenvalue weighted by atomic mass is 9.90. The van der Waals surface area contributed by atoms with Crippen LogP contribution < -0.4 is 15.8 Å². The lowest BCUT2D eigenvalue weighted by molar-refractivity contribution is 0.0898. The van der Waals surface area contributed by atoms with E-state index in [1.54, 1.807) is 0 Å². The second-order valence-corrected chi connectivity index (χ2v) is 6.24. The van der Waals surface area contributed by atoms with Crippen LogP contribution in [-0.4, -0.2) is 24.6 Å². The zero-order valence-electron chi connectivity index (χ0n) is 12.5. The van der Waals surface area contributed by atoms with Gasteiger partial charge in [0, 0.05) is 24.1 Å². The van der Waals surface area contributed by atoms with Crippen LogP contribution in [0.15, 0.2) is 18.2 Å². The number of nitrogens with one attached hydrogen (secondary N) is 1. The van der Waals surface area contributed by atoms with Crippen molar-refractivity contribution in [2.24, 2.45) is 11.7 Å². The van der Waals surface area contributed by atoms with Gasteiger partial charge < -0.3 is 15.8 Å². The van der Waals surface area contributed by atoms with Gasteiger partial charge >= 0.3 is 0 Å². The first-order valence-electron chi connectivity index (χ1n) is 7.22. The summed E-state index contributed by atoms with van der Waals surface area (Å²) in [5, 5.41) is 3.08. The number of nitrogens with two attached hydrogens (primary N) is 1. The summed E-state index contributed by atoms with van der Waals surface area (Å²) in [5.41, 5.74) is 7.26. The fraction of sp³-hybridized carbons (Fsp3) is 0.562. The third kappa shape index (κ3) is 3.31. The molecule has 1 atom stereocenters. The minimum Gasteiger partial charge on any atom is -0.493 e. The van der Waals surface area contributed by atoms with Crippen LogP contribution in [-0.2, 0) is 6.42 Å². The smallest absolute Gasteiger partial charge is 0.251 e. The first kappa shape index (κ1) is 14.9. The fourth-order valence-corrected chi connectivity index (χ4v) is 2.76. The number of carbonyl (C=O) groups excluding carboxylic acids is 1. The second kappa shape index (κ2) is 5.83. The molecule has 4 nitrogen and oxygen atoms in total. The maximum absolute atomic E-state index is 12.4. The molecule has 1 heterocycles. The van der Waals surface area contributed by atoms with E-state index in [9.17, 15) is 4.79 Å². The Morgan fingerprint density at radius 3 is 2.90 bits per heavy atom. The number of carbonyl (C=O) groups is 1. The van der Waals surface area contributed by atoms with Crippen molar-refractivity contribution < 1.29 is 9.53 Å².